The van der Waals surface area contributed by atoms with Gasteiger partial charge < -0.3 is 15.3 Å². The molecule has 2 N–H and O–H groups in total. The number of hydrogen-bond acceptors (Lipinski definition) is 3. The molecule has 1 fully saturated rings. The summed E-state index contributed by atoms with van der Waals surface area (Å²) in [6.07, 6.45) is 5.46. The van der Waals surface area contributed by atoms with Gasteiger partial charge in [-0.1, -0.05) is 33.6 Å². The summed E-state index contributed by atoms with van der Waals surface area (Å²) in [6, 6.07) is 0.526. The highest BCUT2D eigenvalue weighted by Crippen LogP contribution is 2.30. The summed E-state index contributed by atoms with van der Waals surface area (Å²) in [4.78, 5) is 2.29. The second-order valence-corrected chi connectivity index (χ2v) is 7.17. The first-order valence-electron chi connectivity index (χ1n) is 7.35. The molecule has 0 aromatic rings. The molecule has 0 aliphatic heterocycles. The molecule has 0 aromatic carbocycles. The third-order valence-corrected chi connectivity index (χ3v) is 4.29. The molecule has 0 aromatic heterocycles. The van der Waals surface area contributed by atoms with Crippen LogP contribution in [0.3, 0.4) is 0 Å². The Hall–Kier alpha value is -0.120. The lowest BCUT2D eigenvalue weighted by atomic mass is 9.85. The van der Waals surface area contributed by atoms with Crippen molar-refractivity contribution in [3.63, 3.8) is 0 Å². The van der Waals surface area contributed by atoms with E-state index in [0.717, 1.165) is 32.4 Å². The van der Waals surface area contributed by atoms with E-state index in [-0.39, 0.29) is 0 Å². The minimum Gasteiger partial charge on any atom is -0.389 e. The van der Waals surface area contributed by atoms with Crippen molar-refractivity contribution in [1.82, 2.24) is 10.2 Å². The zero-order chi connectivity index (χ0) is 13.8. The van der Waals surface area contributed by atoms with Gasteiger partial charge in [-0.05, 0) is 45.3 Å². The van der Waals surface area contributed by atoms with Gasteiger partial charge in [0.15, 0.2) is 0 Å². The van der Waals surface area contributed by atoms with Crippen LogP contribution in [0.2, 0.25) is 0 Å². The van der Waals surface area contributed by atoms with E-state index < -0.39 is 5.60 Å². The predicted molar refractivity (Wildman–Crippen MR) is 77.8 cm³/mol. The van der Waals surface area contributed by atoms with Crippen molar-refractivity contribution >= 4 is 0 Å². The second kappa shape index (κ2) is 6.36. The lowest BCUT2D eigenvalue weighted by molar-refractivity contribution is 0.0148. The Morgan fingerprint density at radius 3 is 2.28 bits per heavy atom. The Labute approximate surface area is 113 Å². The van der Waals surface area contributed by atoms with Crippen molar-refractivity contribution in [3.8, 4) is 0 Å². The molecule has 3 nitrogen and oxygen atoms in total. The van der Waals surface area contributed by atoms with E-state index in [1.807, 2.05) is 7.05 Å². The molecule has 1 saturated carbocycles. The first-order valence-corrected chi connectivity index (χ1v) is 7.35. The summed E-state index contributed by atoms with van der Waals surface area (Å²) < 4.78 is 0. The fraction of sp³-hybridized carbons (Fsp3) is 1.00. The SMILES string of the molecule is CNC(CCN(C)CC1(O)CCCC1)C(C)(C)C. The number of nitrogens with one attached hydrogen (secondary N) is 1. The monoisotopic (exact) mass is 256 g/mol. The van der Waals surface area contributed by atoms with Crippen molar-refractivity contribution in [2.24, 2.45) is 5.41 Å². The quantitative estimate of drug-likeness (QED) is 0.765. The molecule has 3 heteroatoms. The Morgan fingerprint density at radius 2 is 1.83 bits per heavy atom. The molecule has 0 saturated heterocycles. The van der Waals surface area contributed by atoms with Crippen molar-refractivity contribution in [2.75, 3.05) is 27.2 Å². The second-order valence-electron chi connectivity index (χ2n) is 7.17. The van der Waals surface area contributed by atoms with Gasteiger partial charge in [0.1, 0.15) is 0 Å². The number of hydrogen-bond donors (Lipinski definition) is 2. The lowest BCUT2D eigenvalue weighted by Gasteiger charge is -2.33. The van der Waals surface area contributed by atoms with Crippen molar-refractivity contribution in [1.29, 1.82) is 0 Å². The van der Waals surface area contributed by atoms with Crippen LogP contribution in [-0.2, 0) is 0 Å². The summed E-state index contributed by atoms with van der Waals surface area (Å²) in [5.74, 6) is 0. The molecule has 0 heterocycles. The standard InChI is InChI=1S/C15H32N2O/c1-14(2,3)13(16-4)8-11-17(5)12-15(18)9-6-7-10-15/h13,16,18H,6-12H2,1-5H3. The summed E-state index contributed by atoms with van der Waals surface area (Å²) in [6.45, 7) is 8.70. The van der Waals surface area contributed by atoms with Crippen LogP contribution < -0.4 is 5.32 Å². The van der Waals surface area contributed by atoms with Gasteiger partial charge >= 0.3 is 0 Å². The van der Waals surface area contributed by atoms with Gasteiger partial charge in [0.05, 0.1) is 5.60 Å². The van der Waals surface area contributed by atoms with Crippen molar-refractivity contribution in [3.05, 3.63) is 0 Å². The van der Waals surface area contributed by atoms with E-state index in [0.29, 0.717) is 11.5 Å². The Morgan fingerprint density at radius 1 is 1.28 bits per heavy atom. The largest absolute Gasteiger partial charge is 0.389 e. The third kappa shape index (κ3) is 4.87. The lowest BCUT2D eigenvalue weighted by Crippen LogP contribution is -2.43. The molecule has 18 heavy (non-hydrogen) atoms. The van der Waals surface area contributed by atoms with Gasteiger partial charge in [-0.2, -0.15) is 0 Å². The summed E-state index contributed by atoms with van der Waals surface area (Å²) in [5, 5.41) is 13.8. The molecule has 1 aliphatic carbocycles. The van der Waals surface area contributed by atoms with Crippen LogP contribution in [-0.4, -0.2) is 48.8 Å². The van der Waals surface area contributed by atoms with Crippen LogP contribution in [0.4, 0.5) is 0 Å². The Kier molecular flexibility index (Phi) is 5.63. The molecule has 0 bridgehead atoms. The smallest absolute Gasteiger partial charge is 0.0774 e. The number of aliphatic hydroxyl groups is 1. The molecular formula is C15H32N2O. The van der Waals surface area contributed by atoms with Crippen LogP contribution in [0.5, 0.6) is 0 Å². The minimum absolute atomic E-state index is 0.292. The first kappa shape index (κ1) is 15.9. The average Bonchev–Trinajstić information content (AvgIpc) is 2.63. The molecule has 1 atom stereocenters. The highest BCUT2D eigenvalue weighted by Gasteiger charge is 2.32. The molecule has 0 spiro atoms. The van der Waals surface area contributed by atoms with Gasteiger partial charge in [0.25, 0.3) is 0 Å². The van der Waals surface area contributed by atoms with E-state index in [1.165, 1.54) is 12.8 Å². The Balaban J connectivity index is 2.34. The minimum atomic E-state index is -0.411. The third-order valence-electron chi connectivity index (χ3n) is 4.29. The predicted octanol–water partition coefficient (Wildman–Crippen LogP) is 2.25. The molecule has 0 radical (unpaired) electrons. The van der Waals surface area contributed by atoms with Crippen LogP contribution in [0.1, 0.15) is 52.9 Å². The molecule has 1 aliphatic rings. The van der Waals surface area contributed by atoms with Gasteiger partial charge in [-0.3, -0.25) is 0 Å². The number of rotatable bonds is 6. The van der Waals surface area contributed by atoms with Crippen LogP contribution in [0.15, 0.2) is 0 Å². The summed E-state index contributed by atoms with van der Waals surface area (Å²) in [5.41, 5.74) is -0.120. The van der Waals surface area contributed by atoms with Crippen LogP contribution >= 0.6 is 0 Å². The van der Waals surface area contributed by atoms with Crippen LogP contribution in [0, 0.1) is 5.41 Å². The zero-order valence-electron chi connectivity index (χ0n) is 12.9. The fourth-order valence-electron chi connectivity index (χ4n) is 3.13. The molecule has 108 valence electrons. The van der Waals surface area contributed by atoms with Gasteiger partial charge in [-0.15, -0.1) is 0 Å². The molecule has 1 rings (SSSR count). The number of likely N-dealkylation sites (N-methyl/N-ethyl adjacent to an activating group) is 1. The normalized spacial score (nSPS) is 21.5. The van der Waals surface area contributed by atoms with Crippen LogP contribution in [0.25, 0.3) is 0 Å². The van der Waals surface area contributed by atoms with E-state index in [1.54, 1.807) is 0 Å². The maximum absolute atomic E-state index is 10.4. The van der Waals surface area contributed by atoms with Gasteiger partial charge in [0, 0.05) is 12.6 Å². The summed E-state index contributed by atoms with van der Waals surface area (Å²) >= 11 is 0. The maximum atomic E-state index is 10.4. The number of nitrogens with zero attached hydrogens (tertiary/aromatic N) is 1. The van der Waals surface area contributed by atoms with Crippen molar-refractivity contribution < 1.29 is 5.11 Å². The molecule has 0 amide bonds. The van der Waals surface area contributed by atoms with Gasteiger partial charge in [-0.25, -0.2) is 0 Å². The van der Waals surface area contributed by atoms with Crippen molar-refractivity contribution in [2.45, 2.75) is 64.5 Å². The van der Waals surface area contributed by atoms with E-state index >= 15 is 0 Å². The average molecular weight is 256 g/mol. The Bertz CT molecular complexity index is 241. The molecule has 1 unspecified atom stereocenters. The fourth-order valence-corrected chi connectivity index (χ4v) is 3.13. The van der Waals surface area contributed by atoms with Gasteiger partial charge in [0.2, 0.25) is 0 Å². The van der Waals surface area contributed by atoms with E-state index in [4.69, 9.17) is 0 Å². The van der Waals surface area contributed by atoms with E-state index in [9.17, 15) is 5.11 Å². The first-order chi connectivity index (χ1) is 8.27. The maximum Gasteiger partial charge on any atom is 0.0774 e. The topological polar surface area (TPSA) is 35.5 Å². The molecular weight excluding hydrogens is 224 g/mol. The van der Waals surface area contributed by atoms with E-state index in [2.05, 4.69) is 38.0 Å². The summed E-state index contributed by atoms with van der Waals surface area (Å²) in [7, 11) is 4.17. The highest BCUT2D eigenvalue weighted by atomic mass is 16.3. The highest BCUT2D eigenvalue weighted by molar-refractivity contribution is 4.87. The zero-order valence-corrected chi connectivity index (χ0v) is 12.9.